The molecule has 0 saturated carbocycles. The summed E-state index contributed by atoms with van der Waals surface area (Å²) in [5.41, 5.74) is 2.21. The molecule has 20 heavy (non-hydrogen) atoms. The number of aromatic nitrogens is 2. The Labute approximate surface area is 122 Å². The molecular weight excluding hydrogens is 278 g/mol. The molecular formula is C14H18ClN3O2. The van der Waals surface area contributed by atoms with E-state index in [1.165, 1.54) is 0 Å². The van der Waals surface area contributed by atoms with Crippen molar-refractivity contribution in [2.45, 2.75) is 26.8 Å². The second-order valence-corrected chi connectivity index (χ2v) is 5.05. The maximum absolute atomic E-state index is 11.0. The lowest BCUT2D eigenvalue weighted by molar-refractivity contribution is -0.136. The van der Waals surface area contributed by atoms with Gasteiger partial charge in [0.2, 0.25) is 0 Å². The zero-order chi connectivity index (χ0) is 14.7. The number of aliphatic carboxylic acids is 1. The number of nitrogens with zero attached hydrogens (tertiary/aromatic N) is 3. The third-order valence-electron chi connectivity index (χ3n) is 3.36. The number of imidazole rings is 1. The summed E-state index contributed by atoms with van der Waals surface area (Å²) in [5.74, 6) is -0.875. The summed E-state index contributed by atoms with van der Waals surface area (Å²) in [6.45, 7) is 6.66. The van der Waals surface area contributed by atoms with Gasteiger partial charge in [0.25, 0.3) is 0 Å². The van der Waals surface area contributed by atoms with Crippen molar-refractivity contribution in [3.8, 4) is 0 Å². The number of hydrogen-bond donors (Lipinski definition) is 1. The van der Waals surface area contributed by atoms with Crippen LogP contribution in [0.4, 0.5) is 0 Å². The molecule has 0 aliphatic rings. The van der Waals surface area contributed by atoms with Crippen LogP contribution in [0.1, 0.15) is 25.2 Å². The number of rotatable bonds is 6. The van der Waals surface area contributed by atoms with E-state index in [1.54, 1.807) is 12.1 Å². The Kier molecular flexibility index (Phi) is 4.62. The number of pyridine rings is 1. The van der Waals surface area contributed by atoms with Gasteiger partial charge in [-0.2, -0.15) is 0 Å². The molecule has 0 aromatic carbocycles. The summed E-state index contributed by atoms with van der Waals surface area (Å²) in [6.07, 6.45) is 1.77. The largest absolute Gasteiger partial charge is 0.481 e. The third-order valence-corrected chi connectivity index (χ3v) is 3.59. The van der Waals surface area contributed by atoms with E-state index < -0.39 is 5.97 Å². The van der Waals surface area contributed by atoms with E-state index in [2.05, 4.69) is 23.7 Å². The van der Waals surface area contributed by atoms with Crippen LogP contribution in [0.3, 0.4) is 0 Å². The van der Waals surface area contributed by atoms with Crippen LogP contribution in [0.15, 0.2) is 18.3 Å². The predicted octanol–water partition coefficient (Wildman–Crippen LogP) is 2.46. The third kappa shape index (κ3) is 3.11. The van der Waals surface area contributed by atoms with Crippen molar-refractivity contribution in [3.63, 3.8) is 0 Å². The molecule has 0 radical (unpaired) electrons. The van der Waals surface area contributed by atoms with Crippen LogP contribution in [-0.2, 0) is 17.8 Å². The minimum absolute atomic E-state index is 0.0735. The second kappa shape index (κ2) is 6.24. The van der Waals surface area contributed by atoms with Gasteiger partial charge in [-0.25, -0.2) is 4.98 Å². The molecule has 0 amide bonds. The van der Waals surface area contributed by atoms with Crippen LogP contribution in [-0.4, -0.2) is 38.4 Å². The zero-order valence-electron chi connectivity index (χ0n) is 11.6. The molecule has 108 valence electrons. The Morgan fingerprint density at radius 2 is 2.15 bits per heavy atom. The predicted molar refractivity (Wildman–Crippen MR) is 78.2 cm³/mol. The number of hydrogen-bond acceptors (Lipinski definition) is 3. The molecule has 0 fully saturated rings. The lowest BCUT2D eigenvalue weighted by atomic mass is 10.2. The van der Waals surface area contributed by atoms with Crippen LogP contribution in [0, 0.1) is 0 Å². The second-order valence-electron chi connectivity index (χ2n) is 4.61. The Bertz CT molecular complexity index is 620. The van der Waals surface area contributed by atoms with Gasteiger partial charge in [-0.05, 0) is 19.2 Å². The van der Waals surface area contributed by atoms with Crippen molar-refractivity contribution in [3.05, 3.63) is 34.7 Å². The Morgan fingerprint density at radius 3 is 2.75 bits per heavy atom. The first-order valence-corrected chi connectivity index (χ1v) is 7.02. The average Bonchev–Trinajstić information content (AvgIpc) is 2.71. The minimum atomic E-state index is -0.875. The maximum Gasteiger partial charge on any atom is 0.309 e. The standard InChI is InChI=1S/C14H18ClN3O2/c1-3-17(4-2)9-12-11(8-14(19)20)16-13-7-10(15)5-6-18(12)13/h5-7H,3-4,8-9H2,1-2H3,(H,19,20). The molecule has 2 aromatic heterocycles. The van der Waals surface area contributed by atoms with Gasteiger partial charge in [0.05, 0.1) is 17.8 Å². The minimum Gasteiger partial charge on any atom is -0.481 e. The van der Waals surface area contributed by atoms with Gasteiger partial charge >= 0.3 is 5.97 Å². The molecule has 0 spiro atoms. The first-order valence-electron chi connectivity index (χ1n) is 6.64. The first-order chi connectivity index (χ1) is 9.55. The molecule has 0 atom stereocenters. The van der Waals surface area contributed by atoms with Crippen LogP contribution in [0.25, 0.3) is 5.65 Å². The monoisotopic (exact) mass is 295 g/mol. The molecule has 5 nitrogen and oxygen atoms in total. The number of carboxylic acids is 1. The van der Waals surface area contributed by atoms with Crippen molar-refractivity contribution in [1.82, 2.24) is 14.3 Å². The van der Waals surface area contributed by atoms with Crippen molar-refractivity contribution in [2.75, 3.05) is 13.1 Å². The van der Waals surface area contributed by atoms with Crippen molar-refractivity contribution in [1.29, 1.82) is 0 Å². The van der Waals surface area contributed by atoms with E-state index in [0.29, 0.717) is 22.9 Å². The van der Waals surface area contributed by atoms with Gasteiger partial charge in [0.15, 0.2) is 0 Å². The van der Waals surface area contributed by atoms with Crippen molar-refractivity contribution >= 4 is 23.2 Å². The van der Waals surface area contributed by atoms with E-state index in [-0.39, 0.29) is 6.42 Å². The molecule has 0 aliphatic carbocycles. The summed E-state index contributed by atoms with van der Waals surface area (Å²) in [7, 11) is 0. The van der Waals surface area contributed by atoms with Crippen molar-refractivity contribution < 1.29 is 9.90 Å². The van der Waals surface area contributed by atoms with Gasteiger partial charge in [-0.15, -0.1) is 0 Å². The Morgan fingerprint density at radius 1 is 1.45 bits per heavy atom. The highest BCUT2D eigenvalue weighted by molar-refractivity contribution is 6.30. The quantitative estimate of drug-likeness (QED) is 0.889. The van der Waals surface area contributed by atoms with E-state index in [0.717, 1.165) is 18.8 Å². The maximum atomic E-state index is 11.0. The molecule has 0 saturated heterocycles. The topological polar surface area (TPSA) is 57.8 Å². The summed E-state index contributed by atoms with van der Waals surface area (Å²) in [4.78, 5) is 17.6. The van der Waals surface area contributed by atoms with Crippen LogP contribution < -0.4 is 0 Å². The highest BCUT2D eigenvalue weighted by Crippen LogP contribution is 2.19. The number of halogens is 1. The summed E-state index contributed by atoms with van der Waals surface area (Å²) in [5, 5.41) is 9.63. The molecule has 2 aromatic rings. The summed E-state index contributed by atoms with van der Waals surface area (Å²) >= 11 is 5.97. The average molecular weight is 296 g/mol. The van der Waals surface area contributed by atoms with E-state index in [1.807, 2.05) is 10.6 Å². The van der Waals surface area contributed by atoms with Gasteiger partial charge in [-0.1, -0.05) is 25.4 Å². The van der Waals surface area contributed by atoms with E-state index in [9.17, 15) is 4.79 Å². The lowest BCUT2D eigenvalue weighted by Crippen LogP contribution is -2.24. The van der Waals surface area contributed by atoms with E-state index in [4.69, 9.17) is 16.7 Å². The van der Waals surface area contributed by atoms with Crippen LogP contribution >= 0.6 is 11.6 Å². The van der Waals surface area contributed by atoms with Crippen molar-refractivity contribution in [2.24, 2.45) is 0 Å². The fourth-order valence-corrected chi connectivity index (χ4v) is 2.38. The lowest BCUT2D eigenvalue weighted by Gasteiger charge is -2.18. The number of fused-ring (bicyclic) bond motifs is 1. The summed E-state index contributed by atoms with van der Waals surface area (Å²) < 4.78 is 1.92. The van der Waals surface area contributed by atoms with Crippen LogP contribution in [0.2, 0.25) is 5.02 Å². The highest BCUT2D eigenvalue weighted by atomic mass is 35.5. The smallest absolute Gasteiger partial charge is 0.309 e. The Balaban J connectivity index is 2.49. The number of carboxylic acid groups (broad SMARTS) is 1. The molecule has 1 N–H and O–H groups in total. The molecule has 2 rings (SSSR count). The molecule has 0 bridgehead atoms. The first kappa shape index (κ1) is 14.8. The normalized spacial score (nSPS) is 11.4. The van der Waals surface area contributed by atoms with Gasteiger partial charge < -0.3 is 9.51 Å². The fourth-order valence-electron chi connectivity index (χ4n) is 2.23. The molecule has 0 aliphatic heterocycles. The van der Waals surface area contributed by atoms with E-state index >= 15 is 0 Å². The van der Waals surface area contributed by atoms with Gasteiger partial charge in [-0.3, -0.25) is 9.69 Å². The number of carbonyl (C=O) groups is 1. The van der Waals surface area contributed by atoms with Gasteiger partial charge in [0, 0.05) is 23.8 Å². The molecule has 2 heterocycles. The molecule has 6 heteroatoms. The fraction of sp³-hybridized carbons (Fsp3) is 0.429. The van der Waals surface area contributed by atoms with Crippen LogP contribution in [0.5, 0.6) is 0 Å². The Hall–Kier alpha value is -1.59. The van der Waals surface area contributed by atoms with Gasteiger partial charge in [0.1, 0.15) is 5.65 Å². The highest BCUT2D eigenvalue weighted by Gasteiger charge is 2.16. The molecule has 0 unspecified atom stereocenters. The summed E-state index contributed by atoms with van der Waals surface area (Å²) in [6, 6.07) is 3.53. The SMILES string of the molecule is CCN(CC)Cc1c(CC(=O)O)nc2cc(Cl)ccn12. The zero-order valence-corrected chi connectivity index (χ0v) is 12.4.